The zero-order valence-electron chi connectivity index (χ0n) is 15.1. The van der Waals surface area contributed by atoms with Crippen molar-refractivity contribution in [3.63, 3.8) is 0 Å². The molecule has 1 unspecified atom stereocenters. The highest BCUT2D eigenvalue weighted by atomic mass is 127. The lowest BCUT2D eigenvalue weighted by Crippen LogP contribution is -2.32. The van der Waals surface area contributed by atoms with Crippen LogP contribution in [0.5, 0.6) is 0 Å². The van der Waals surface area contributed by atoms with Crippen LogP contribution in [0.15, 0.2) is 34.1 Å². The first-order valence-electron chi connectivity index (χ1n) is 8.34. The highest BCUT2D eigenvalue weighted by Crippen LogP contribution is 2.27. The number of aromatic nitrogens is 3. The van der Waals surface area contributed by atoms with E-state index in [1.54, 1.807) is 6.07 Å². The van der Waals surface area contributed by atoms with E-state index in [0.717, 1.165) is 4.57 Å². The standard InChI is InChI=1S/C18H18FIN4O4/c1-9-15(22-13-4-3-10(20)5-12(13)19)14-16(23(2)17(9)27)21-8-24(18(14)28)6-11(26)7-25/h3-5,8,11,22,25-26H,6-7H2,1-2H3. The van der Waals surface area contributed by atoms with Gasteiger partial charge in [0.15, 0.2) is 5.65 Å². The summed E-state index contributed by atoms with van der Waals surface area (Å²) in [6.45, 7) is 0.849. The van der Waals surface area contributed by atoms with E-state index >= 15 is 0 Å². The minimum atomic E-state index is -1.14. The van der Waals surface area contributed by atoms with Crippen LogP contribution in [-0.2, 0) is 13.6 Å². The van der Waals surface area contributed by atoms with E-state index in [2.05, 4.69) is 10.3 Å². The summed E-state index contributed by atoms with van der Waals surface area (Å²) in [6, 6.07) is 4.54. The maximum Gasteiger partial charge on any atom is 0.264 e. The van der Waals surface area contributed by atoms with Gasteiger partial charge < -0.3 is 15.5 Å². The molecule has 0 radical (unpaired) electrons. The summed E-state index contributed by atoms with van der Waals surface area (Å²) in [4.78, 5) is 29.8. The number of hydrogen-bond acceptors (Lipinski definition) is 6. The average Bonchev–Trinajstić information content (AvgIpc) is 2.66. The summed E-state index contributed by atoms with van der Waals surface area (Å²) in [5.41, 5.74) is -0.270. The Balaban J connectivity index is 2.29. The van der Waals surface area contributed by atoms with E-state index < -0.39 is 24.1 Å². The molecule has 0 amide bonds. The Morgan fingerprint density at radius 2 is 2.04 bits per heavy atom. The van der Waals surface area contributed by atoms with Crippen molar-refractivity contribution in [2.45, 2.75) is 19.6 Å². The van der Waals surface area contributed by atoms with Crippen molar-refractivity contribution in [3.8, 4) is 0 Å². The van der Waals surface area contributed by atoms with E-state index in [4.69, 9.17) is 5.11 Å². The minimum absolute atomic E-state index is 0.0881. The van der Waals surface area contributed by atoms with Crippen LogP contribution >= 0.6 is 22.6 Å². The number of nitrogens with one attached hydrogen (secondary N) is 1. The van der Waals surface area contributed by atoms with Crippen LogP contribution in [0.2, 0.25) is 0 Å². The van der Waals surface area contributed by atoms with Crippen LogP contribution in [0.3, 0.4) is 0 Å². The number of rotatable bonds is 5. The maximum atomic E-state index is 14.3. The van der Waals surface area contributed by atoms with E-state index in [9.17, 15) is 19.1 Å². The van der Waals surface area contributed by atoms with E-state index in [1.165, 1.54) is 37.0 Å². The monoisotopic (exact) mass is 500 g/mol. The number of anilines is 2. The number of aliphatic hydroxyl groups is 2. The van der Waals surface area contributed by atoms with Crippen LogP contribution in [0.25, 0.3) is 11.0 Å². The molecule has 0 saturated heterocycles. The van der Waals surface area contributed by atoms with E-state index in [0.29, 0.717) is 3.57 Å². The second kappa shape index (κ2) is 7.97. The summed E-state index contributed by atoms with van der Waals surface area (Å²) >= 11 is 1.98. The molecule has 0 aliphatic rings. The number of halogens is 2. The fourth-order valence-corrected chi connectivity index (χ4v) is 3.35. The third-order valence-corrected chi connectivity index (χ3v) is 5.07. The Kier molecular flexibility index (Phi) is 5.82. The van der Waals surface area contributed by atoms with Gasteiger partial charge >= 0.3 is 0 Å². The molecule has 3 aromatic rings. The Hall–Kier alpha value is -2.31. The van der Waals surface area contributed by atoms with E-state index in [-0.39, 0.29) is 40.1 Å². The highest BCUT2D eigenvalue weighted by Gasteiger charge is 2.19. The van der Waals surface area contributed by atoms with Gasteiger partial charge in [-0.3, -0.25) is 18.7 Å². The molecule has 0 fully saturated rings. The topological polar surface area (TPSA) is 109 Å². The molecule has 8 nitrogen and oxygen atoms in total. The second-order valence-corrected chi connectivity index (χ2v) is 7.60. The number of benzene rings is 1. The third kappa shape index (κ3) is 3.66. The molecule has 0 saturated carbocycles. The molecule has 3 N–H and O–H groups in total. The van der Waals surface area contributed by atoms with E-state index in [1.807, 2.05) is 22.6 Å². The van der Waals surface area contributed by atoms with Gasteiger partial charge in [-0.05, 0) is 47.7 Å². The largest absolute Gasteiger partial charge is 0.394 e. The van der Waals surface area contributed by atoms with Gasteiger partial charge in [0.25, 0.3) is 11.1 Å². The van der Waals surface area contributed by atoms with Crippen LogP contribution in [0.1, 0.15) is 5.56 Å². The molecule has 3 rings (SSSR count). The van der Waals surface area contributed by atoms with Gasteiger partial charge in [0, 0.05) is 16.2 Å². The zero-order valence-corrected chi connectivity index (χ0v) is 17.3. The molecule has 0 aliphatic heterocycles. The SMILES string of the molecule is Cc1c(Nc2ccc(I)cc2F)c2c(=O)n(CC(O)CO)cnc2n(C)c1=O. The molecule has 2 heterocycles. The smallest absolute Gasteiger partial charge is 0.264 e. The van der Waals surface area contributed by atoms with Crippen molar-refractivity contribution < 1.29 is 14.6 Å². The van der Waals surface area contributed by atoms with Crippen molar-refractivity contribution in [1.29, 1.82) is 0 Å². The first kappa shape index (κ1) is 20.4. The first-order chi connectivity index (χ1) is 13.2. The maximum absolute atomic E-state index is 14.3. The van der Waals surface area contributed by atoms with Gasteiger partial charge in [-0.1, -0.05) is 0 Å². The van der Waals surface area contributed by atoms with Crippen molar-refractivity contribution in [1.82, 2.24) is 14.1 Å². The molecule has 0 spiro atoms. The fraction of sp³-hybridized carbons (Fsp3) is 0.278. The number of pyridine rings is 1. The molecule has 10 heteroatoms. The molecule has 1 atom stereocenters. The summed E-state index contributed by atoms with van der Waals surface area (Å²) in [5.74, 6) is -0.528. The average molecular weight is 500 g/mol. The van der Waals surface area contributed by atoms with Crippen LogP contribution < -0.4 is 16.4 Å². The number of aryl methyl sites for hydroxylation is 1. The Bertz CT molecular complexity index is 1170. The molecule has 0 aliphatic carbocycles. The van der Waals surface area contributed by atoms with Gasteiger partial charge in [0.2, 0.25) is 0 Å². The summed E-state index contributed by atoms with van der Waals surface area (Å²) < 4.78 is 17.4. The second-order valence-electron chi connectivity index (χ2n) is 6.35. The molecule has 0 bridgehead atoms. The van der Waals surface area contributed by atoms with Crippen molar-refractivity contribution in [3.05, 3.63) is 60.2 Å². The molecule has 1 aromatic carbocycles. The first-order valence-corrected chi connectivity index (χ1v) is 9.42. The number of fused-ring (bicyclic) bond motifs is 1. The van der Waals surface area contributed by atoms with Gasteiger partial charge in [-0.2, -0.15) is 0 Å². The molecular formula is C18H18FIN4O4. The number of hydrogen-bond donors (Lipinski definition) is 3. The molecule has 2 aromatic heterocycles. The Morgan fingerprint density at radius 3 is 2.68 bits per heavy atom. The van der Waals surface area contributed by atoms with Crippen molar-refractivity contribution in [2.75, 3.05) is 11.9 Å². The summed E-state index contributed by atoms with van der Waals surface area (Å²) in [6.07, 6.45) is 0.0590. The van der Waals surface area contributed by atoms with Gasteiger partial charge in [0.05, 0.1) is 37.0 Å². The highest BCUT2D eigenvalue weighted by molar-refractivity contribution is 14.1. The number of aliphatic hydroxyl groups excluding tert-OH is 2. The Morgan fingerprint density at radius 1 is 1.32 bits per heavy atom. The van der Waals surface area contributed by atoms with Gasteiger partial charge in [0.1, 0.15) is 11.2 Å². The lowest BCUT2D eigenvalue weighted by Gasteiger charge is -2.17. The normalized spacial score (nSPS) is 12.4. The quantitative estimate of drug-likeness (QED) is 0.455. The predicted molar refractivity (Wildman–Crippen MR) is 111 cm³/mol. The fourth-order valence-electron chi connectivity index (χ4n) is 2.89. The van der Waals surface area contributed by atoms with Crippen LogP contribution in [-0.4, -0.2) is 37.0 Å². The Labute approximate surface area is 172 Å². The van der Waals surface area contributed by atoms with Gasteiger partial charge in [-0.15, -0.1) is 0 Å². The lowest BCUT2D eigenvalue weighted by molar-refractivity contribution is 0.0802. The van der Waals surface area contributed by atoms with Gasteiger partial charge in [-0.25, -0.2) is 9.37 Å². The van der Waals surface area contributed by atoms with Crippen LogP contribution in [0.4, 0.5) is 15.8 Å². The summed E-state index contributed by atoms with van der Waals surface area (Å²) in [7, 11) is 1.49. The lowest BCUT2D eigenvalue weighted by atomic mass is 10.1. The molecule has 28 heavy (non-hydrogen) atoms. The zero-order chi connectivity index (χ0) is 20.6. The number of nitrogens with zero attached hydrogens (tertiary/aromatic N) is 3. The molecular weight excluding hydrogens is 482 g/mol. The van der Waals surface area contributed by atoms with Crippen LogP contribution in [0, 0.1) is 16.3 Å². The van der Waals surface area contributed by atoms with Crippen molar-refractivity contribution >= 4 is 45.0 Å². The van der Waals surface area contributed by atoms with Crippen molar-refractivity contribution in [2.24, 2.45) is 7.05 Å². The minimum Gasteiger partial charge on any atom is -0.394 e. The summed E-state index contributed by atoms with van der Waals surface area (Å²) in [5, 5.41) is 21.7. The molecule has 148 valence electrons. The predicted octanol–water partition coefficient (Wildman–Crippen LogP) is 1.24. The third-order valence-electron chi connectivity index (χ3n) is 4.39.